The van der Waals surface area contributed by atoms with E-state index in [-0.39, 0.29) is 37.2 Å². The molecular formula is C16H21FN2O4. The Morgan fingerprint density at radius 2 is 1.91 bits per heavy atom. The van der Waals surface area contributed by atoms with Gasteiger partial charge in [0.1, 0.15) is 5.82 Å². The number of nitrogens with zero attached hydrogens (tertiary/aromatic N) is 2. The van der Waals surface area contributed by atoms with Gasteiger partial charge in [0, 0.05) is 26.1 Å². The molecule has 1 aliphatic heterocycles. The number of aliphatic hydroxyl groups excluding tert-OH is 1. The third-order valence-corrected chi connectivity index (χ3v) is 4.08. The number of halogens is 1. The molecule has 0 aliphatic carbocycles. The fourth-order valence-electron chi connectivity index (χ4n) is 2.77. The van der Waals surface area contributed by atoms with Gasteiger partial charge in [-0.25, -0.2) is 4.39 Å². The van der Waals surface area contributed by atoms with Gasteiger partial charge in [-0.05, 0) is 24.7 Å². The van der Waals surface area contributed by atoms with E-state index in [9.17, 15) is 19.1 Å². The number of carboxylic acids is 1. The molecule has 1 amide bonds. The molecule has 2 N–H and O–H groups in total. The van der Waals surface area contributed by atoms with Crippen molar-refractivity contribution in [2.75, 3.05) is 20.1 Å². The number of hydrogen-bond acceptors (Lipinski definition) is 4. The fraction of sp³-hybridized carbons (Fsp3) is 0.500. The predicted molar refractivity (Wildman–Crippen MR) is 81.1 cm³/mol. The van der Waals surface area contributed by atoms with E-state index in [1.165, 1.54) is 17.0 Å². The Morgan fingerprint density at radius 3 is 2.52 bits per heavy atom. The molecule has 1 aromatic rings. The maximum atomic E-state index is 12.9. The molecule has 126 valence electrons. The minimum absolute atomic E-state index is 0.0591. The van der Waals surface area contributed by atoms with Crippen LogP contribution in [0, 0.1) is 5.82 Å². The summed E-state index contributed by atoms with van der Waals surface area (Å²) < 4.78 is 12.9. The van der Waals surface area contributed by atoms with Crippen molar-refractivity contribution >= 4 is 11.9 Å². The Labute approximate surface area is 134 Å². The molecule has 0 radical (unpaired) electrons. The van der Waals surface area contributed by atoms with Gasteiger partial charge in [0.2, 0.25) is 5.91 Å². The van der Waals surface area contributed by atoms with Crippen LogP contribution in [0.2, 0.25) is 0 Å². The summed E-state index contributed by atoms with van der Waals surface area (Å²) in [6, 6.07) is 5.91. The van der Waals surface area contributed by atoms with Crippen LogP contribution >= 0.6 is 0 Å². The number of benzene rings is 1. The molecule has 1 aromatic carbocycles. The first-order chi connectivity index (χ1) is 10.9. The van der Waals surface area contributed by atoms with Gasteiger partial charge in [0.25, 0.3) is 0 Å². The molecule has 1 aliphatic rings. The number of aliphatic carboxylic acids is 1. The van der Waals surface area contributed by atoms with Crippen molar-refractivity contribution in [1.29, 1.82) is 0 Å². The maximum Gasteiger partial charge on any atom is 0.303 e. The van der Waals surface area contributed by atoms with E-state index in [2.05, 4.69) is 0 Å². The van der Waals surface area contributed by atoms with Crippen LogP contribution in [0.25, 0.3) is 0 Å². The Morgan fingerprint density at radius 1 is 1.26 bits per heavy atom. The molecule has 2 atom stereocenters. The zero-order valence-corrected chi connectivity index (χ0v) is 13.0. The highest BCUT2D eigenvalue weighted by Gasteiger charge is 2.36. The van der Waals surface area contributed by atoms with Crippen molar-refractivity contribution < 1.29 is 24.2 Å². The molecular weight excluding hydrogens is 303 g/mol. The van der Waals surface area contributed by atoms with E-state index in [1.54, 1.807) is 12.1 Å². The number of rotatable bonds is 6. The summed E-state index contributed by atoms with van der Waals surface area (Å²) in [5, 5.41) is 18.8. The number of β-amino-alcohol motifs (C(OH)–C–C–N with tert-alkyl or cyclic N) is 1. The van der Waals surface area contributed by atoms with Gasteiger partial charge < -0.3 is 15.1 Å². The third-order valence-electron chi connectivity index (χ3n) is 4.08. The topological polar surface area (TPSA) is 81.1 Å². The Hall–Kier alpha value is -1.99. The summed E-state index contributed by atoms with van der Waals surface area (Å²) in [6.45, 7) is 1.09. The molecule has 0 unspecified atom stereocenters. The average Bonchev–Trinajstić information content (AvgIpc) is 2.89. The molecule has 7 heteroatoms. The maximum absolute atomic E-state index is 12.9. The zero-order valence-electron chi connectivity index (χ0n) is 13.0. The SMILES string of the molecule is CN(Cc1ccc(F)cc1)[C@@H]1CN(C(=O)CCC(=O)O)C[C@H]1O. The van der Waals surface area contributed by atoms with Gasteiger partial charge in [0.15, 0.2) is 0 Å². The molecule has 0 spiro atoms. The highest BCUT2D eigenvalue weighted by atomic mass is 19.1. The lowest BCUT2D eigenvalue weighted by Gasteiger charge is -2.26. The smallest absolute Gasteiger partial charge is 0.303 e. The van der Waals surface area contributed by atoms with Crippen molar-refractivity contribution in [2.45, 2.75) is 31.5 Å². The van der Waals surface area contributed by atoms with Gasteiger partial charge in [-0.2, -0.15) is 0 Å². The molecule has 6 nitrogen and oxygen atoms in total. The van der Waals surface area contributed by atoms with Crippen LogP contribution in [0.3, 0.4) is 0 Å². The number of carbonyl (C=O) groups excluding carboxylic acids is 1. The highest BCUT2D eigenvalue weighted by Crippen LogP contribution is 2.19. The molecule has 1 fully saturated rings. The first-order valence-corrected chi connectivity index (χ1v) is 7.49. The van der Waals surface area contributed by atoms with Crippen LogP contribution in [0.5, 0.6) is 0 Å². The number of likely N-dealkylation sites (tertiary alicyclic amines) is 1. The van der Waals surface area contributed by atoms with Crippen LogP contribution in [0.4, 0.5) is 4.39 Å². The minimum atomic E-state index is -1.01. The van der Waals surface area contributed by atoms with Crippen LogP contribution in [-0.2, 0) is 16.1 Å². The van der Waals surface area contributed by atoms with Crippen molar-refractivity contribution in [1.82, 2.24) is 9.80 Å². The number of amides is 1. The van der Waals surface area contributed by atoms with Crippen molar-refractivity contribution in [3.8, 4) is 0 Å². The molecule has 0 bridgehead atoms. The van der Waals surface area contributed by atoms with Gasteiger partial charge >= 0.3 is 5.97 Å². The average molecular weight is 324 g/mol. The van der Waals surface area contributed by atoms with E-state index in [4.69, 9.17) is 5.11 Å². The normalized spacial score (nSPS) is 21.0. The first-order valence-electron chi connectivity index (χ1n) is 7.49. The summed E-state index contributed by atoms with van der Waals surface area (Å²) in [7, 11) is 1.84. The highest BCUT2D eigenvalue weighted by molar-refractivity contribution is 5.81. The Balaban J connectivity index is 1.91. The Kier molecular flexibility index (Phi) is 5.68. The molecule has 2 rings (SSSR count). The van der Waals surface area contributed by atoms with Crippen LogP contribution in [-0.4, -0.2) is 64.2 Å². The molecule has 1 saturated heterocycles. The summed E-state index contributed by atoms with van der Waals surface area (Å²) in [6.07, 6.45) is -0.952. The third kappa shape index (κ3) is 4.74. The summed E-state index contributed by atoms with van der Waals surface area (Å²) >= 11 is 0. The number of carbonyl (C=O) groups is 2. The summed E-state index contributed by atoms with van der Waals surface area (Å²) in [4.78, 5) is 25.9. The number of hydrogen-bond donors (Lipinski definition) is 2. The first kappa shape index (κ1) is 17.4. The van der Waals surface area contributed by atoms with Crippen molar-refractivity contribution in [2.24, 2.45) is 0 Å². The van der Waals surface area contributed by atoms with Crippen molar-refractivity contribution in [3.05, 3.63) is 35.6 Å². The fourth-order valence-corrected chi connectivity index (χ4v) is 2.77. The second-order valence-electron chi connectivity index (χ2n) is 5.87. The van der Waals surface area contributed by atoms with E-state index in [1.807, 2.05) is 11.9 Å². The van der Waals surface area contributed by atoms with Gasteiger partial charge in [0.05, 0.1) is 18.6 Å². The van der Waals surface area contributed by atoms with Crippen molar-refractivity contribution in [3.63, 3.8) is 0 Å². The summed E-state index contributed by atoms with van der Waals surface area (Å²) in [5.41, 5.74) is 0.914. The number of aliphatic hydroxyl groups is 1. The largest absolute Gasteiger partial charge is 0.481 e. The second kappa shape index (κ2) is 7.52. The lowest BCUT2D eigenvalue weighted by atomic mass is 10.1. The van der Waals surface area contributed by atoms with Crippen LogP contribution < -0.4 is 0 Å². The second-order valence-corrected chi connectivity index (χ2v) is 5.87. The van der Waals surface area contributed by atoms with Gasteiger partial charge in [-0.3, -0.25) is 14.5 Å². The Bertz CT molecular complexity index is 564. The molecule has 1 heterocycles. The lowest BCUT2D eigenvalue weighted by molar-refractivity contribution is -0.140. The number of likely N-dealkylation sites (N-methyl/N-ethyl adjacent to an activating group) is 1. The van der Waals surface area contributed by atoms with E-state index < -0.39 is 12.1 Å². The standard InChI is InChI=1S/C16H21FN2O4/c1-18(8-11-2-4-12(17)5-3-11)13-9-19(10-14(13)20)15(21)6-7-16(22)23/h2-5,13-14,20H,6-10H2,1H3,(H,22,23)/t13-,14-/m1/s1. The van der Waals surface area contributed by atoms with Crippen LogP contribution in [0.15, 0.2) is 24.3 Å². The zero-order chi connectivity index (χ0) is 17.0. The van der Waals surface area contributed by atoms with Crippen LogP contribution in [0.1, 0.15) is 18.4 Å². The predicted octanol–water partition coefficient (Wildman–Crippen LogP) is 0.694. The number of carboxylic acid groups (broad SMARTS) is 1. The molecule has 23 heavy (non-hydrogen) atoms. The van der Waals surface area contributed by atoms with Gasteiger partial charge in [-0.1, -0.05) is 12.1 Å². The monoisotopic (exact) mass is 324 g/mol. The van der Waals surface area contributed by atoms with E-state index in [0.717, 1.165) is 5.56 Å². The molecule has 0 saturated carbocycles. The van der Waals surface area contributed by atoms with Gasteiger partial charge in [-0.15, -0.1) is 0 Å². The minimum Gasteiger partial charge on any atom is -0.481 e. The summed E-state index contributed by atoms with van der Waals surface area (Å²) in [5.74, 6) is -1.57. The lowest BCUT2D eigenvalue weighted by Crippen LogP contribution is -2.40. The van der Waals surface area contributed by atoms with E-state index in [0.29, 0.717) is 13.1 Å². The van der Waals surface area contributed by atoms with E-state index >= 15 is 0 Å². The molecule has 0 aromatic heterocycles. The quantitative estimate of drug-likeness (QED) is 0.805.